The summed E-state index contributed by atoms with van der Waals surface area (Å²) in [7, 11) is 0. The van der Waals surface area contributed by atoms with Crippen LogP contribution in [-0.4, -0.2) is 54.0 Å². The number of carbonyl (C=O) groups is 1. The zero-order chi connectivity index (χ0) is 18.2. The molecule has 1 saturated heterocycles. The van der Waals surface area contributed by atoms with E-state index in [1.54, 1.807) is 24.5 Å². The van der Waals surface area contributed by atoms with Gasteiger partial charge in [0, 0.05) is 37.0 Å². The van der Waals surface area contributed by atoms with E-state index >= 15 is 0 Å². The van der Waals surface area contributed by atoms with E-state index in [1.165, 1.54) is 0 Å². The third-order valence-electron chi connectivity index (χ3n) is 5.10. The van der Waals surface area contributed by atoms with Gasteiger partial charge >= 0.3 is 0 Å². The van der Waals surface area contributed by atoms with Crippen LogP contribution in [0.3, 0.4) is 0 Å². The minimum atomic E-state index is 0.0217. The molecule has 138 valence electrons. The van der Waals surface area contributed by atoms with Crippen LogP contribution in [0.4, 0.5) is 0 Å². The van der Waals surface area contributed by atoms with E-state index in [4.69, 9.17) is 4.52 Å². The van der Waals surface area contributed by atoms with Crippen LogP contribution in [0.1, 0.15) is 53.8 Å². The summed E-state index contributed by atoms with van der Waals surface area (Å²) >= 11 is 0. The van der Waals surface area contributed by atoms with Gasteiger partial charge in [-0.2, -0.15) is 4.98 Å². The Morgan fingerprint density at radius 1 is 1.19 bits per heavy atom. The summed E-state index contributed by atoms with van der Waals surface area (Å²) in [5.74, 6) is 1.62. The molecular formula is C18H19N7O2. The number of pyridine rings is 1. The van der Waals surface area contributed by atoms with Crippen LogP contribution in [0, 0.1) is 0 Å². The van der Waals surface area contributed by atoms with Crippen molar-refractivity contribution in [2.45, 2.75) is 37.6 Å². The SMILES string of the molecule is O=C(c1ccncc1)N1CCCC(n2cc(-c3nc(C4CC4)no3)nn2)C1. The topological polar surface area (TPSA) is 103 Å². The van der Waals surface area contributed by atoms with Crippen molar-refractivity contribution in [3.8, 4) is 11.6 Å². The molecule has 1 aliphatic carbocycles. The summed E-state index contributed by atoms with van der Waals surface area (Å²) in [4.78, 5) is 22.9. The summed E-state index contributed by atoms with van der Waals surface area (Å²) in [6.07, 6.45) is 9.21. The van der Waals surface area contributed by atoms with Gasteiger partial charge in [0.2, 0.25) is 0 Å². The van der Waals surface area contributed by atoms with Crippen LogP contribution in [-0.2, 0) is 0 Å². The maximum atomic E-state index is 12.7. The lowest BCUT2D eigenvalue weighted by Crippen LogP contribution is -2.40. The van der Waals surface area contributed by atoms with E-state index in [0.29, 0.717) is 29.6 Å². The monoisotopic (exact) mass is 365 g/mol. The predicted molar refractivity (Wildman–Crippen MR) is 93.7 cm³/mol. The third-order valence-corrected chi connectivity index (χ3v) is 5.10. The van der Waals surface area contributed by atoms with Crippen molar-refractivity contribution >= 4 is 5.91 Å². The van der Waals surface area contributed by atoms with Crippen molar-refractivity contribution < 1.29 is 9.32 Å². The highest BCUT2D eigenvalue weighted by Crippen LogP contribution is 2.38. The lowest BCUT2D eigenvalue weighted by atomic mass is 10.0. The fourth-order valence-electron chi connectivity index (χ4n) is 3.43. The van der Waals surface area contributed by atoms with E-state index in [0.717, 1.165) is 38.1 Å². The molecule has 0 aromatic carbocycles. The van der Waals surface area contributed by atoms with Crippen molar-refractivity contribution in [3.63, 3.8) is 0 Å². The van der Waals surface area contributed by atoms with Crippen LogP contribution in [0.15, 0.2) is 35.2 Å². The molecule has 5 rings (SSSR count). The Morgan fingerprint density at radius 3 is 2.85 bits per heavy atom. The summed E-state index contributed by atoms with van der Waals surface area (Å²) in [6, 6.07) is 3.57. The first-order valence-electron chi connectivity index (χ1n) is 9.23. The molecule has 1 amide bonds. The smallest absolute Gasteiger partial charge is 0.280 e. The molecular weight excluding hydrogens is 346 g/mol. The standard InChI is InChI=1S/C18H19N7O2/c26-18(13-5-7-19-8-6-13)24-9-1-2-14(10-24)25-11-15(21-23-25)17-20-16(22-27-17)12-3-4-12/h5-8,11-12,14H,1-4,9-10H2. The number of aromatic nitrogens is 6. The average molecular weight is 365 g/mol. The molecule has 2 fully saturated rings. The van der Waals surface area contributed by atoms with E-state index < -0.39 is 0 Å². The van der Waals surface area contributed by atoms with Gasteiger partial charge in [0.15, 0.2) is 11.5 Å². The molecule has 3 aromatic heterocycles. The van der Waals surface area contributed by atoms with Crippen LogP contribution >= 0.6 is 0 Å². The largest absolute Gasteiger partial charge is 0.336 e. The highest BCUT2D eigenvalue weighted by molar-refractivity contribution is 5.94. The van der Waals surface area contributed by atoms with Crippen LogP contribution in [0.5, 0.6) is 0 Å². The Kier molecular flexibility index (Phi) is 3.92. The van der Waals surface area contributed by atoms with E-state index in [-0.39, 0.29) is 11.9 Å². The number of carbonyl (C=O) groups excluding carboxylic acids is 1. The van der Waals surface area contributed by atoms with Gasteiger partial charge in [-0.1, -0.05) is 10.4 Å². The van der Waals surface area contributed by atoms with E-state index in [2.05, 4.69) is 25.4 Å². The third kappa shape index (κ3) is 3.20. The van der Waals surface area contributed by atoms with Gasteiger partial charge in [0.1, 0.15) is 0 Å². The molecule has 1 unspecified atom stereocenters. The van der Waals surface area contributed by atoms with Crippen LogP contribution in [0.2, 0.25) is 0 Å². The second kappa shape index (κ2) is 6.57. The minimum Gasteiger partial charge on any atom is -0.336 e. The van der Waals surface area contributed by atoms with E-state index in [1.807, 2.05) is 15.8 Å². The number of likely N-dealkylation sites (tertiary alicyclic amines) is 1. The highest BCUT2D eigenvalue weighted by Gasteiger charge is 2.30. The Bertz CT molecular complexity index is 948. The number of rotatable bonds is 4. The van der Waals surface area contributed by atoms with Gasteiger partial charge in [-0.25, -0.2) is 4.68 Å². The number of hydrogen-bond donors (Lipinski definition) is 0. The van der Waals surface area contributed by atoms with Gasteiger partial charge in [-0.05, 0) is 37.8 Å². The van der Waals surface area contributed by atoms with Crippen molar-refractivity contribution in [2.75, 3.05) is 13.1 Å². The lowest BCUT2D eigenvalue weighted by Gasteiger charge is -2.32. The first-order chi connectivity index (χ1) is 13.3. The molecule has 0 N–H and O–H groups in total. The Hall–Kier alpha value is -3.10. The molecule has 9 heteroatoms. The molecule has 0 radical (unpaired) electrons. The molecule has 1 atom stereocenters. The number of piperidine rings is 1. The number of amides is 1. The second-order valence-electron chi connectivity index (χ2n) is 7.10. The van der Waals surface area contributed by atoms with Crippen LogP contribution < -0.4 is 0 Å². The van der Waals surface area contributed by atoms with Gasteiger partial charge in [-0.3, -0.25) is 9.78 Å². The Labute approximate surface area is 155 Å². The zero-order valence-electron chi connectivity index (χ0n) is 14.7. The van der Waals surface area contributed by atoms with Crippen molar-refractivity contribution in [1.29, 1.82) is 0 Å². The van der Waals surface area contributed by atoms with Crippen LogP contribution in [0.25, 0.3) is 11.6 Å². The first kappa shape index (κ1) is 16.1. The second-order valence-corrected chi connectivity index (χ2v) is 7.10. The van der Waals surface area contributed by atoms with Crippen molar-refractivity contribution in [2.24, 2.45) is 0 Å². The molecule has 3 aromatic rings. The van der Waals surface area contributed by atoms with Gasteiger partial charge < -0.3 is 9.42 Å². The lowest BCUT2D eigenvalue weighted by molar-refractivity contribution is 0.0671. The van der Waals surface area contributed by atoms with Crippen molar-refractivity contribution in [1.82, 2.24) is 35.0 Å². The fraction of sp³-hybridized carbons (Fsp3) is 0.444. The Morgan fingerprint density at radius 2 is 2.04 bits per heavy atom. The molecule has 9 nitrogen and oxygen atoms in total. The summed E-state index contributed by atoms with van der Waals surface area (Å²) in [6.45, 7) is 1.34. The van der Waals surface area contributed by atoms with Crippen molar-refractivity contribution in [3.05, 3.63) is 42.1 Å². The summed E-state index contributed by atoms with van der Waals surface area (Å²) < 4.78 is 7.13. The molecule has 2 aliphatic rings. The zero-order valence-corrected chi connectivity index (χ0v) is 14.7. The first-order valence-corrected chi connectivity index (χ1v) is 9.23. The number of hydrogen-bond acceptors (Lipinski definition) is 7. The molecule has 0 spiro atoms. The normalized spacial score (nSPS) is 20.0. The fourth-order valence-corrected chi connectivity index (χ4v) is 3.43. The van der Waals surface area contributed by atoms with Gasteiger partial charge in [0.05, 0.1) is 12.2 Å². The predicted octanol–water partition coefficient (Wildman–Crippen LogP) is 2.08. The Balaban J connectivity index is 1.31. The average Bonchev–Trinajstić information content (AvgIpc) is 3.25. The maximum absolute atomic E-state index is 12.7. The molecule has 4 heterocycles. The van der Waals surface area contributed by atoms with Gasteiger partial charge in [0.25, 0.3) is 11.8 Å². The summed E-state index contributed by atoms with van der Waals surface area (Å²) in [5, 5.41) is 12.5. The molecule has 0 bridgehead atoms. The summed E-state index contributed by atoms with van der Waals surface area (Å²) in [5.41, 5.74) is 1.23. The maximum Gasteiger partial charge on any atom is 0.280 e. The van der Waals surface area contributed by atoms with E-state index in [9.17, 15) is 4.79 Å². The molecule has 27 heavy (non-hydrogen) atoms. The molecule has 1 saturated carbocycles. The number of nitrogens with zero attached hydrogens (tertiary/aromatic N) is 7. The highest BCUT2D eigenvalue weighted by atomic mass is 16.5. The molecule has 1 aliphatic heterocycles. The minimum absolute atomic E-state index is 0.0217. The quantitative estimate of drug-likeness (QED) is 0.697. The van der Waals surface area contributed by atoms with Gasteiger partial charge in [-0.15, -0.1) is 5.10 Å².